The van der Waals surface area contributed by atoms with E-state index in [2.05, 4.69) is 31.3 Å². The Kier molecular flexibility index (Phi) is 4.95. The van der Waals surface area contributed by atoms with Crippen LogP contribution in [0, 0.1) is 6.92 Å². The van der Waals surface area contributed by atoms with Crippen molar-refractivity contribution in [3.05, 3.63) is 52.0 Å². The zero-order valence-corrected chi connectivity index (χ0v) is 16.1. The van der Waals surface area contributed by atoms with E-state index in [-0.39, 0.29) is 10.6 Å². The molecule has 1 amide bonds. The first-order chi connectivity index (χ1) is 12.5. The minimum Gasteiger partial charge on any atom is -0.360 e. The van der Waals surface area contributed by atoms with Gasteiger partial charge in [-0.1, -0.05) is 15.9 Å². The number of benzene rings is 2. The summed E-state index contributed by atoms with van der Waals surface area (Å²) in [6.07, 6.45) is -6.10. The smallest absolute Gasteiger partial charge is 0.360 e. The van der Waals surface area contributed by atoms with Gasteiger partial charge in [0.25, 0.3) is 5.91 Å². The normalized spacial score (nSPS) is 18.3. The van der Waals surface area contributed by atoms with Gasteiger partial charge in [-0.3, -0.25) is 4.79 Å². The number of carbonyl (C=O) groups excluding carboxylic acids is 1. The van der Waals surface area contributed by atoms with Crippen LogP contribution in [0.15, 0.2) is 45.8 Å². The van der Waals surface area contributed by atoms with Gasteiger partial charge in [0, 0.05) is 10.2 Å². The molecule has 0 saturated heterocycles. The van der Waals surface area contributed by atoms with Gasteiger partial charge < -0.3 is 10.6 Å². The predicted octanol–water partition coefficient (Wildman–Crippen LogP) is 3.44. The molecule has 27 heavy (non-hydrogen) atoms. The zero-order valence-electron chi connectivity index (χ0n) is 13.7. The molecule has 0 spiro atoms. The topological polar surface area (TPSA) is 87.3 Å². The molecule has 0 saturated carbocycles. The lowest BCUT2D eigenvalue weighted by Crippen LogP contribution is -2.51. The molecule has 3 rings (SSSR count). The summed E-state index contributed by atoms with van der Waals surface area (Å²) in [5, 5.41) is 5.02. The third kappa shape index (κ3) is 4.09. The number of fused-ring (bicyclic) bond motifs is 1. The van der Waals surface area contributed by atoms with E-state index in [0.29, 0.717) is 17.8 Å². The summed E-state index contributed by atoms with van der Waals surface area (Å²) in [6.45, 7) is 1.80. The fourth-order valence-electron chi connectivity index (χ4n) is 2.51. The molecule has 6 nitrogen and oxygen atoms in total. The molecule has 1 aliphatic rings. The molecule has 1 aliphatic heterocycles. The molecule has 0 bridgehead atoms. The van der Waals surface area contributed by atoms with Gasteiger partial charge in [0.05, 0.1) is 11.3 Å². The van der Waals surface area contributed by atoms with Gasteiger partial charge >= 0.3 is 6.18 Å². The van der Waals surface area contributed by atoms with Crippen molar-refractivity contribution in [1.29, 1.82) is 0 Å². The first-order valence-electron chi connectivity index (χ1n) is 7.54. The van der Waals surface area contributed by atoms with Gasteiger partial charge in [-0.05, 0) is 48.9 Å². The first kappa shape index (κ1) is 19.6. The fourth-order valence-corrected chi connectivity index (χ4v) is 4.02. The summed E-state index contributed by atoms with van der Waals surface area (Å²) in [5.41, 5.74) is -0.0639. The van der Waals surface area contributed by atoms with Crippen molar-refractivity contribution in [3.63, 3.8) is 0 Å². The lowest BCUT2D eigenvalue weighted by atomic mass is 10.2. The first-order valence-corrected chi connectivity index (χ1v) is 9.82. The predicted molar refractivity (Wildman–Crippen MR) is 96.7 cm³/mol. The van der Waals surface area contributed by atoms with Crippen LogP contribution in [0.25, 0.3) is 0 Å². The number of halogens is 4. The minimum absolute atomic E-state index is 0.296. The molecular formula is C16H13BrF3N3O3S. The molecule has 1 heterocycles. The standard InChI is InChI=1S/C16H13BrF3N3O3S/c1-8-6-10(3-4-11(8)17)21-15(24)14-22-12-7-9(16(18,19)20)2-5-13(12)27(25,26)23-14/h2-7,14,22-23H,1H3,(H,21,24)/t14-/m0/s1. The second-order valence-corrected chi connectivity index (χ2v) is 8.40. The number of carbonyl (C=O) groups is 1. The van der Waals surface area contributed by atoms with Crippen LogP contribution in [0.5, 0.6) is 0 Å². The highest BCUT2D eigenvalue weighted by atomic mass is 79.9. The quantitative estimate of drug-likeness (QED) is 0.636. The zero-order chi connectivity index (χ0) is 20.0. The van der Waals surface area contributed by atoms with E-state index in [4.69, 9.17) is 0 Å². The van der Waals surface area contributed by atoms with Crippen molar-refractivity contribution in [2.45, 2.75) is 24.2 Å². The number of hydrogen-bond acceptors (Lipinski definition) is 4. The van der Waals surface area contributed by atoms with E-state index in [1.54, 1.807) is 25.1 Å². The highest BCUT2D eigenvalue weighted by Gasteiger charge is 2.37. The lowest BCUT2D eigenvalue weighted by Gasteiger charge is -2.27. The maximum atomic E-state index is 12.9. The average Bonchev–Trinajstić information content (AvgIpc) is 2.56. The number of hydrogen-bond donors (Lipinski definition) is 3. The average molecular weight is 464 g/mol. The Hall–Kier alpha value is -2.11. The van der Waals surface area contributed by atoms with E-state index in [1.807, 2.05) is 0 Å². The van der Waals surface area contributed by atoms with Crippen molar-refractivity contribution in [1.82, 2.24) is 4.72 Å². The molecule has 144 valence electrons. The Morgan fingerprint density at radius 3 is 2.52 bits per heavy atom. The summed E-state index contributed by atoms with van der Waals surface area (Å²) in [5.74, 6) is -0.761. The summed E-state index contributed by atoms with van der Waals surface area (Å²) in [6, 6.07) is 7.15. The Morgan fingerprint density at radius 2 is 1.89 bits per heavy atom. The molecule has 0 radical (unpaired) electrons. The number of sulfonamides is 1. The monoisotopic (exact) mass is 463 g/mol. The van der Waals surface area contributed by atoms with Crippen molar-refractivity contribution in [3.8, 4) is 0 Å². The van der Waals surface area contributed by atoms with E-state index in [1.165, 1.54) is 0 Å². The van der Waals surface area contributed by atoms with Gasteiger partial charge in [0.1, 0.15) is 4.90 Å². The van der Waals surface area contributed by atoms with E-state index < -0.39 is 33.8 Å². The van der Waals surface area contributed by atoms with Gasteiger partial charge in [0.15, 0.2) is 6.17 Å². The van der Waals surface area contributed by atoms with E-state index in [9.17, 15) is 26.4 Å². The Bertz CT molecular complexity index is 1030. The number of anilines is 2. The largest absolute Gasteiger partial charge is 0.416 e. The molecule has 0 aliphatic carbocycles. The number of amides is 1. The lowest BCUT2D eigenvalue weighted by molar-refractivity contribution is -0.137. The minimum atomic E-state index is -4.64. The van der Waals surface area contributed by atoms with E-state index in [0.717, 1.165) is 16.1 Å². The Labute approximate surface area is 161 Å². The van der Waals surface area contributed by atoms with Gasteiger partial charge in [-0.15, -0.1) is 0 Å². The highest BCUT2D eigenvalue weighted by molar-refractivity contribution is 9.10. The molecule has 0 unspecified atom stereocenters. The fraction of sp³-hybridized carbons (Fsp3) is 0.188. The van der Waals surface area contributed by atoms with Crippen LogP contribution < -0.4 is 15.4 Å². The summed E-state index contributed by atoms with van der Waals surface area (Å²) < 4.78 is 66.2. The molecular weight excluding hydrogens is 451 g/mol. The van der Waals surface area contributed by atoms with Crippen molar-refractivity contribution in [2.24, 2.45) is 0 Å². The summed E-state index contributed by atoms with van der Waals surface area (Å²) in [4.78, 5) is 12.0. The molecule has 2 aromatic carbocycles. The maximum absolute atomic E-state index is 12.9. The molecule has 11 heteroatoms. The van der Waals surface area contributed by atoms with Crippen LogP contribution in [0.1, 0.15) is 11.1 Å². The maximum Gasteiger partial charge on any atom is 0.416 e. The van der Waals surface area contributed by atoms with Crippen LogP contribution in [0.4, 0.5) is 24.5 Å². The van der Waals surface area contributed by atoms with Gasteiger partial charge in [-0.2, -0.15) is 17.9 Å². The Morgan fingerprint density at radius 1 is 1.19 bits per heavy atom. The van der Waals surface area contributed by atoms with Crippen LogP contribution in [0.2, 0.25) is 0 Å². The van der Waals surface area contributed by atoms with Crippen molar-refractivity contribution in [2.75, 3.05) is 10.6 Å². The number of aryl methyl sites for hydroxylation is 1. The number of rotatable bonds is 2. The second-order valence-electron chi connectivity index (χ2n) is 5.86. The van der Waals surface area contributed by atoms with Crippen molar-refractivity contribution < 1.29 is 26.4 Å². The second kappa shape index (κ2) is 6.80. The van der Waals surface area contributed by atoms with Crippen LogP contribution in [-0.2, 0) is 21.0 Å². The highest BCUT2D eigenvalue weighted by Crippen LogP contribution is 2.35. The molecule has 0 fully saturated rings. The number of nitrogens with one attached hydrogen (secondary N) is 3. The van der Waals surface area contributed by atoms with Crippen molar-refractivity contribution >= 4 is 43.2 Å². The van der Waals surface area contributed by atoms with E-state index >= 15 is 0 Å². The van der Waals surface area contributed by atoms with Gasteiger partial charge in [0.2, 0.25) is 10.0 Å². The SMILES string of the molecule is Cc1cc(NC(=O)[C@H]2Nc3cc(C(F)(F)F)ccc3S(=O)(=O)N2)ccc1Br. The van der Waals surface area contributed by atoms with Gasteiger partial charge in [-0.25, -0.2) is 8.42 Å². The van der Waals surface area contributed by atoms with Crippen LogP contribution >= 0.6 is 15.9 Å². The summed E-state index contributed by atoms with van der Waals surface area (Å²) in [7, 11) is -4.15. The van der Waals surface area contributed by atoms with Crippen LogP contribution in [0.3, 0.4) is 0 Å². The van der Waals surface area contributed by atoms with Crippen LogP contribution in [-0.4, -0.2) is 20.5 Å². The third-order valence-corrected chi connectivity index (χ3v) is 6.23. The molecule has 3 N–H and O–H groups in total. The Balaban J connectivity index is 1.89. The molecule has 1 atom stereocenters. The third-order valence-electron chi connectivity index (χ3n) is 3.86. The summed E-state index contributed by atoms with van der Waals surface area (Å²) >= 11 is 3.32. The number of alkyl halides is 3. The molecule has 0 aromatic heterocycles. The molecule has 2 aromatic rings.